The average Bonchev–Trinajstić information content (AvgIpc) is 3.03. The molecular formula is C18H21F2N3OS. The van der Waals surface area contributed by atoms with E-state index in [2.05, 4.69) is 10.2 Å². The molecule has 3 rings (SSSR count). The average molecular weight is 365 g/mol. The zero-order chi connectivity index (χ0) is 18.2. The molecule has 0 spiro atoms. The molecule has 7 heteroatoms. The number of carbonyl (C=O) groups is 1. The first-order chi connectivity index (χ1) is 11.8. The molecule has 2 heterocycles. The van der Waals surface area contributed by atoms with E-state index in [1.165, 1.54) is 23.5 Å². The molecule has 1 fully saturated rings. The number of carbonyl (C=O) groups excluding carboxylic acids is 1. The fourth-order valence-electron chi connectivity index (χ4n) is 2.98. The molecule has 1 saturated heterocycles. The van der Waals surface area contributed by atoms with Crippen LogP contribution in [0.2, 0.25) is 0 Å². The minimum atomic E-state index is -0.631. The number of piperidine rings is 1. The largest absolute Gasteiger partial charge is 0.342 e. The smallest absolute Gasteiger partial charge is 0.227 e. The van der Waals surface area contributed by atoms with E-state index in [-0.39, 0.29) is 22.8 Å². The highest BCUT2D eigenvalue weighted by Crippen LogP contribution is 2.35. The topological polar surface area (TPSA) is 46.1 Å². The van der Waals surface area contributed by atoms with E-state index in [0.29, 0.717) is 18.1 Å². The summed E-state index contributed by atoms with van der Waals surface area (Å²) in [5.74, 6) is -0.855. The van der Waals surface area contributed by atoms with Crippen molar-refractivity contribution in [3.8, 4) is 10.6 Å². The second-order valence-corrected chi connectivity index (χ2v) is 8.40. The van der Waals surface area contributed by atoms with Crippen LogP contribution in [0.25, 0.3) is 10.6 Å². The van der Waals surface area contributed by atoms with Gasteiger partial charge in [0.2, 0.25) is 5.91 Å². The Morgan fingerprint density at radius 1 is 1.20 bits per heavy atom. The fourth-order valence-corrected chi connectivity index (χ4v) is 4.01. The zero-order valence-electron chi connectivity index (χ0n) is 14.6. The number of halogens is 2. The summed E-state index contributed by atoms with van der Waals surface area (Å²) in [5, 5.41) is 9.58. The molecule has 1 aromatic heterocycles. The maximum atomic E-state index is 13.9. The van der Waals surface area contributed by atoms with Crippen molar-refractivity contribution in [1.82, 2.24) is 15.1 Å². The maximum Gasteiger partial charge on any atom is 0.227 e. The lowest BCUT2D eigenvalue weighted by atomic mass is 9.91. The third-order valence-corrected chi connectivity index (χ3v) is 5.49. The number of aromatic nitrogens is 2. The number of likely N-dealkylation sites (tertiary alicyclic amines) is 1. The highest BCUT2D eigenvalue weighted by molar-refractivity contribution is 7.14. The minimum Gasteiger partial charge on any atom is -0.342 e. The number of hydrogen-bond acceptors (Lipinski definition) is 4. The predicted molar refractivity (Wildman–Crippen MR) is 93.3 cm³/mol. The first-order valence-corrected chi connectivity index (χ1v) is 9.15. The van der Waals surface area contributed by atoms with Gasteiger partial charge >= 0.3 is 0 Å². The lowest BCUT2D eigenvalue weighted by molar-refractivity contribution is -0.140. The monoisotopic (exact) mass is 365 g/mol. The van der Waals surface area contributed by atoms with E-state index in [0.717, 1.165) is 23.9 Å². The van der Waals surface area contributed by atoms with Gasteiger partial charge in [-0.05, 0) is 25.0 Å². The molecule has 0 radical (unpaired) electrons. The van der Waals surface area contributed by atoms with Crippen molar-refractivity contribution in [2.75, 3.05) is 13.1 Å². The van der Waals surface area contributed by atoms with Gasteiger partial charge in [-0.25, -0.2) is 8.78 Å². The van der Waals surface area contributed by atoms with Crippen LogP contribution in [0.4, 0.5) is 8.78 Å². The molecular weight excluding hydrogens is 344 g/mol. The van der Waals surface area contributed by atoms with E-state index < -0.39 is 11.6 Å². The van der Waals surface area contributed by atoms with Crippen molar-refractivity contribution in [2.24, 2.45) is 5.41 Å². The van der Waals surface area contributed by atoms with Crippen molar-refractivity contribution in [3.05, 3.63) is 34.8 Å². The van der Waals surface area contributed by atoms with Crippen LogP contribution >= 0.6 is 11.3 Å². The van der Waals surface area contributed by atoms with Gasteiger partial charge in [-0.2, -0.15) is 0 Å². The van der Waals surface area contributed by atoms with Crippen molar-refractivity contribution in [1.29, 1.82) is 0 Å². The Bertz CT molecular complexity index is 777. The number of amides is 1. The summed E-state index contributed by atoms with van der Waals surface area (Å²) in [6.45, 7) is 7.17. The molecule has 1 amide bonds. The maximum absolute atomic E-state index is 13.9. The van der Waals surface area contributed by atoms with Gasteiger partial charge in [0.1, 0.15) is 16.6 Å². The summed E-state index contributed by atoms with van der Waals surface area (Å²) in [6, 6.07) is 3.46. The van der Waals surface area contributed by atoms with Crippen molar-refractivity contribution in [2.45, 2.75) is 39.5 Å². The molecule has 25 heavy (non-hydrogen) atoms. The van der Waals surface area contributed by atoms with E-state index >= 15 is 0 Å². The van der Waals surface area contributed by atoms with Crippen LogP contribution in [0.5, 0.6) is 0 Å². The first kappa shape index (κ1) is 17.9. The summed E-state index contributed by atoms with van der Waals surface area (Å²) in [5.41, 5.74) is -0.103. The van der Waals surface area contributed by atoms with Gasteiger partial charge in [-0.3, -0.25) is 4.79 Å². The van der Waals surface area contributed by atoms with Crippen LogP contribution in [0, 0.1) is 17.0 Å². The van der Waals surface area contributed by atoms with Gasteiger partial charge in [0.05, 0.1) is 0 Å². The number of nitrogens with zero attached hydrogens (tertiary/aromatic N) is 3. The Kier molecular flexibility index (Phi) is 4.86. The third kappa shape index (κ3) is 3.86. The van der Waals surface area contributed by atoms with Crippen LogP contribution in [0.15, 0.2) is 18.2 Å². The van der Waals surface area contributed by atoms with Crippen molar-refractivity contribution < 1.29 is 13.6 Å². The molecule has 0 saturated carbocycles. The second-order valence-electron chi connectivity index (χ2n) is 7.39. The van der Waals surface area contributed by atoms with Crippen LogP contribution in [0.3, 0.4) is 0 Å². The molecule has 0 aliphatic carbocycles. The second kappa shape index (κ2) is 6.78. The van der Waals surface area contributed by atoms with Gasteiger partial charge in [0.25, 0.3) is 0 Å². The van der Waals surface area contributed by atoms with Gasteiger partial charge < -0.3 is 4.90 Å². The SMILES string of the molecule is CC(C)(C)C(=O)N1CCC(c2nnc(-c3ccc(F)cc3F)s2)CC1. The van der Waals surface area contributed by atoms with Crippen molar-refractivity contribution >= 4 is 17.2 Å². The van der Waals surface area contributed by atoms with Crippen LogP contribution < -0.4 is 0 Å². The molecule has 1 aromatic carbocycles. The van der Waals surface area contributed by atoms with E-state index in [1.807, 2.05) is 25.7 Å². The fraction of sp³-hybridized carbons (Fsp3) is 0.500. The van der Waals surface area contributed by atoms with Crippen LogP contribution in [-0.4, -0.2) is 34.1 Å². The minimum absolute atomic E-state index is 0.164. The summed E-state index contributed by atoms with van der Waals surface area (Å²) in [6.07, 6.45) is 1.64. The Balaban J connectivity index is 1.69. The standard InChI is InChI=1S/C18H21F2N3OS/c1-18(2,3)17(24)23-8-6-11(7-9-23)15-21-22-16(25-15)13-5-4-12(19)10-14(13)20/h4-5,10-11H,6-9H2,1-3H3. The lowest BCUT2D eigenvalue weighted by Gasteiger charge is -2.35. The van der Waals surface area contributed by atoms with Gasteiger partial charge in [0.15, 0.2) is 5.01 Å². The van der Waals surface area contributed by atoms with Crippen molar-refractivity contribution in [3.63, 3.8) is 0 Å². The quantitative estimate of drug-likeness (QED) is 0.800. The van der Waals surface area contributed by atoms with Crippen LogP contribution in [-0.2, 0) is 4.79 Å². The Morgan fingerprint density at radius 3 is 2.48 bits per heavy atom. The van der Waals surface area contributed by atoms with E-state index in [9.17, 15) is 13.6 Å². The number of rotatable bonds is 2. The third-order valence-electron chi connectivity index (χ3n) is 4.38. The molecule has 1 aliphatic heterocycles. The molecule has 0 atom stereocenters. The molecule has 4 nitrogen and oxygen atoms in total. The molecule has 0 bridgehead atoms. The van der Waals surface area contributed by atoms with Crippen LogP contribution in [0.1, 0.15) is 44.5 Å². The molecule has 0 unspecified atom stereocenters. The molecule has 0 N–H and O–H groups in total. The Labute approximate surface area is 149 Å². The van der Waals surface area contributed by atoms with E-state index in [1.54, 1.807) is 0 Å². The van der Waals surface area contributed by atoms with Gasteiger partial charge in [0, 0.05) is 36.1 Å². The molecule has 134 valence electrons. The zero-order valence-corrected chi connectivity index (χ0v) is 15.4. The summed E-state index contributed by atoms with van der Waals surface area (Å²) >= 11 is 1.34. The molecule has 2 aromatic rings. The summed E-state index contributed by atoms with van der Waals surface area (Å²) < 4.78 is 26.9. The highest BCUT2D eigenvalue weighted by Gasteiger charge is 2.31. The summed E-state index contributed by atoms with van der Waals surface area (Å²) in [4.78, 5) is 14.2. The summed E-state index contributed by atoms with van der Waals surface area (Å²) in [7, 11) is 0. The van der Waals surface area contributed by atoms with Gasteiger partial charge in [-0.15, -0.1) is 10.2 Å². The highest BCUT2D eigenvalue weighted by atomic mass is 32.1. The van der Waals surface area contributed by atoms with Gasteiger partial charge in [-0.1, -0.05) is 32.1 Å². The lowest BCUT2D eigenvalue weighted by Crippen LogP contribution is -2.43. The Hall–Kier alpha value is -1.89. The number of hydrogen-bond donors (Lipinski definition) is 0. The number of benzene rings is 1. The van der Waals surface area contributed by atoms with E-state index in [4.69, 9.17) is 0 Å². The molecule has 1 aliphatic rings. The normalized spacial score (nSPS) is 16.3. The Morgan fingerprint density at radius 2 is 1.88 bits per heavy atom. The predicted octanol–water partition coefficient (Wildman–Crippen LogP) is 4.24. The first-order valence-electron chi connectivity index (χ1n) is 8.34.